The minimum Gasteiger partial charge on any atom is -0.481 e. The molecule has 0 saturated heterocycles. The molecule has 0 aliphatic rings. The summed E-state index contributed by atoms with van der Waals surface area (Å²) in [5.41, 5.74) is -0.717. The third-order valence-corrected chi connectivity index (χ3v) is 3.00. The van der Waals surface area contributed by atoms with Crippen LogP contribution in [0.4, 0.5) is 5.82 Å². The summed E-state index contributed by atoms with van der Waals surface area (Å²) in [6.45, 7) is 4.16. The number of carbonyl (C=O) groups is 1. The molecule has 1 heterocycles. The molecular formula is C11H17N3O2. The van der Waals surface area contributed by atoms with E-state index >= 15 is 0 Å². The van der Waals surface area contributed by atoms with E-state index in [9.17, 15) is 9.90 Å². The van der Waals surface area contributed by atoms with Crippen LogP contribution < -0.4 is 5.32 Å². The number of aliphatic carboxylic acids is 1. The van der Waals surface area contributed by atoms with E-state index in [1.54, 1.807) is 12.3 Å². The van der Waals surface area contributed by atoms with Crippen LogP contribution in [0.5, 0.6) is 0 Å². The van der Waals surface area contributed by atoms with Crippen LogP contribution in [-0.2, 0) is 4.79 Å². The second kappa shape index (κ2) is 5.44. The molecule has 0 aliphatic heterocycles. The fourth-order valence-electron chi connectivity index (χ4n) is 1.53. The quantitative estimate of drug-likeness (QED) is 0.768. The molecule has 16 heavy (non-hydrogen) atoms. The maximum Gasteiger partial charge on any atom is 0.311 e. The van der Waals surface area contributed by atoms with E-state index in [1.807, 2.05) is 13.8 Å². The predicted molar refractivity (Wildman–Crippen MR) is 61.2 cm³/mol. The van der Waals surface area contributed by atoms with Crippen LogP contribution in [0, 0.1) is 5.41 Å². The zero-order valence-electron chi connectivity index (χ0n) is 9.60. The fraction of sp³-hybridized carbons (Fsp3) is 0.545. The van der Waals surface area contributed by atoms with Crippen molar-refractivity contribution in [3.63, 3.8) is 0 Å². The monoisotopic (exact) mass is 223 g/mol. The molecule has 5 heteroatoms. The van der Waals surface area contributed by atoms with Crippen LogP contribution in [0.2, 0.25) is 0 Å². The van der Waals surface area contributed by atoms with Crippen molar-refractivity contribution in [3.05, 3.63) is 18.6 Å². The number of hydrogen-bond donors (Lipinski definition) is 2. The molecular weight excluding hydrogens is 206 g/mol. The van der Waals surface area contributed by atoms with Gasteiger partial charge in [0.25, 0.3) is 0 Å². The summed E-state index contributed by atoms with van der Waals surface area (Å²) in [6, 6.07) is 1.72. The maximum absolute atomic E-state index is 11.2. The van der Waals surface area contributed by atoms with Gasteiger partial charge < -0.3 is 10.4 Å². The molecule has 0 bridgehead atoms. The summed E-state index contributed by atoms with van der Waals surface area (Å²) < 4.78 is 0. The Morgan fingerprint density at radius 3 is 2.62 bits per heavy atom. The van der Waals surface area contributed by atoms with Gasteiger partial charge in [0.15, 0.2) is 0 Å². The molecule has 0 aromatic carbocycles. The molecule has 1 aromatic heterocycles. The van der Waals surface area contributed by atoms with Crippen molar-refractivity contribution in [2.45, 2.75) is 26.7 Å². The Morgan fingerprint density at radius 2 is 2.19 bits per heavy atom. The standard InChI is InChI=1S/C11H17N3O2/c1-3-11(4-2,10(15)16)7-13-9-5-6-12-8-14-9/h5-6,8H,3-4,7H2,1-2H3,(H,15,16)(H,12,13,14). The molecule has 0 aliphatic carbocycles. The van der Waals surface area contributed by atoms with Crippen LogP contribution in [0.3, 0.4) is 0 Å². The lowest BCUT2D eigenvalue weighted by molar-refractivity contribution is -0.148. The van der Waals surface area contributed by atoms with Gasteiger partial charge >= 0.3 is 5.97 Å². The Bertz CT molecular complexity index is 336. The molecule has 5 nitrogen and oxygen atoms in total. The molecule has 0 saturated carbocycles. The highest BCUT2D eigenvalue weighted by atomic mass is 16.4. The number of carboxylic acid groups (broad SMARTS) is 1. The normalized spacial score (nSPS) is 11.1. The smallest absolute Gasteiger partial charge is 0.311 e. The molecule has 0 amide bonds. The zero-order valence-corrected chi connectivity index (χ0v) is 9.60. The van der Waals surface area contributed by atoms with Crippen molar-refractivity contribution in [1.82, 2.24) is 9.97 Å². The van der Waals surface area contributed by atoms with Crippen LogP contribution in [0.15, 0.2) is 18.6 Å². The average molecular weight is 223 g/mol. The van der Waals surface area contributed by atoms with Crippen LogP contribution in [-0.4, -0.2) is 27.6 Å². The van der Waals surface area contributed by atoms with E-state index in [0.717, 1.165) is 0 Å². The van der Waals surface area contributed by atoms with E-state index in [1.165, 1.54) is 6.33 Å². The van der Waals surface area contributed by atoms with E-state index in [4.69, 9.17) is 0 Å². The van der Waals surface area contributed by atoms with Crippen LogP contribution in [0.1, 0.15) is 26.7 Å². The minimum atomic E-state index is -0.765. The number of nitrogens with one attached hydrogen (secondary N) is 1. The summed E-state index contributed by atoms with van der Waals surface area (Å²) >= 11 is 0. The number of anilines is 1. The van der Waals surface area contributed by atoms with Gasteiger partial charge in [0.1, 0.15) is 12.1 Å². The van der Waals surface area contributed by atoms with Gasteiger partial charge in [-0.1, -0.05) is 13.8 Å². The molecule has 0 radical (unpaired) electrons. The van der Waals surface area contributed by atoms with Gasteiger partial charge in [0.05, 0.1) is 5.41 Å². The Kier molecular flexibility index (Phi) is 4.22. The first-order chi connectivity index (χ1) is 7.64. The van der Waals surface area contributed by atoms with Gasteiger partial charge in [-0.25, -0.2) is 9.97 Å². The number of nitrogens with zero attached hydrogens (tertiary/aromatic N) is 2. The highest BCUT2D eigenvalue weighted by Gasteiger charge is 2.34. The Balaban J connectivity index is 2.67. The van der Waals surface area contributed by atoms with Crippen LogP contribution >= 0.6 is 0 Å². The third kappa shape index (κ3) is 2.68. The lowest BCUT2D eigenvalue weighted by atomic mass is 9.82. The van der Waals surface area contributed by atoms with Crippen LogP contribution in [0.25, 0.3) is 0 Å². The lowest BCUT2D eigenvalue weighted by Crippen LogP contribution is -2.37. The summed E-state index contributed by atoms with van der Waals surface area (Å²) in [4.78, 5) is 19.0. The third-order valence-electron chi connectivity index (χ3n) is 3.00. The van der Waals surface area contributed by atoms with E-state index in [2.05, 4.69) is 15.3 Å². The second-order valence-corrected chi connectivity index (χ2v) is 3.74. The molecule has 0 atom stereocenters. The predicted octanol–water partition coefficient (Wildman–Crippen LogP) is 1.78. The van der Waals surface area contributed by atoms with Gasteiger partial charge in [-0.3, -0.25) is 4.79 Å². The minimum absolute atomic E-state index is 0.381. The first-order valence-corrected chi connectivity index (χ1v) is 5.38. The number of hydrogen-bond acceptors (Lipinski definition) is 4. The summed E-state index contributed by atoms with van der Waals surface area (Å²) in [6.07, 6.45) is 4.24. The van der Waals surface area contributed by atoms with Crippen molar-refractivity contribution in [2.24, 2.45) is 5.41 Å². The highest BCUT2D eigenvalue weighted by molar-refractivity contribution is 5.75. The SMILES string of the molecule is CCC(CC)(CNc1ccncn1)C(=O)O. The van der Waals surface area contributed by atoms with Crippen molar-refractivity contribution in [2.75, 3.05) is 11.9 Å². The summed E-state index contributed by atoms with van der Waals surface area (Å²) in [7, 11) is 0. The topological polar surface area (TPSA) is 75.1 Å². The van der Waals surface area contributed by atoms with E-state index in [-0.39, 0.29) is 0 Å². The first-order valence-electron chi connectivity index (χ1n) is 5.38. The number of rotatable bonds is 6. The lowest BCUT2D eigenvalue weighted by Gasteiger charge is -2.26. The summed E-state index contributed by atoms with van der Waals surface area (Å²) in [5, 5.41) is 12.3. The Labute approximate surface area is 94.9 Å². The van der Waals surface area contributed by atoms with Crippen molar-refractivity contribution < 1.29 is 9.90 Å². The molecule has 88 valence electrons. The largest absolute Gasteiger partial charge is 0.481 e. The van der Waals surface area contributed by atoms with Crippen molar-refractivity contribution in [1.29, 1.82) is 0 Å². The zero-order chi connectivity index (χ0) is 12.0. The van der Waals surface area contributed by atoms with E-state index in [0.29, 0.717) is 25.2 Å². The number of aromatic nitrogens is 2. The van der Waals surface area contributed by atoms with Gasteiger partial charge in [-0.15, -0.1) is 0 Å². The fourth-order valence-corrected chi connectivity index (χ4v) is 1.53. The highest BCUT2D eigenvalue weighted by Crippen LogP contribution is 2.26. The van der Waals surface area contributed by atoms with E-state index < -0.39 is 11.4 Å². The maximum atomic E-state index is 11.2. The van der Waals surface area contributed by atoms with Gasteiger partial charge in [0.2, 0.25) is 0 Å². The van der Waals surface area contributed by atoms with Crippen molar-refractivity contribution in [3.8, 4) is 0 Å². The molecule has 1 aromatic rings. The first kappa shape index (κ1) is 12.4. The molecule has 0 fully saturated rings. The molecule has 0 spiro atoms. The van der Waals surface area contributed by atoms with Gasteiger partial charge in [-0.2, -0.15) is 0 Å². The second-order valence-electron chi connectivity index (χ2n) is 3.74. The molecule has 2 N–H and O–H groups in total. The molecule has 1 rings (SSSR count). The summed E-state index contributed by atoms with van der Waals surface area (Å²) in [5.74, 6) is -0.110. The average Bonchev–Trinajstić information content (AvgIpc) is 2.32. The van der Waals surface area contributed by atoms with Crippen molar-refractivity contribution >= 4 is 11.8 Å². The number of carboxylic acids is 1. The molecule has 0 unspecified atom stereocenters. The van der Waals surface area contributed by atoms with Gasteiger partial charge in [0, 0.05) is 12.7 Å². The Hall–Kier alpha value is -1.65. The Morgan fingerprint density at radius 1 is 1.50 bits per heavy atom. The van der Waals surface area contributed by atoms with Gasteiger partial charge in [-0.05, 0) is 18.9 Å².